The van der Waals surface area contributed by atoms with E-state index in [1.54, 1.807) is 6.07 Å². The first-order valence-electron chi connectivity index (χ1n) is 3.34. The molecule has 0 aromatic heterocycles. The summed E-state index contributed by atoms with van der Waals surface area (Å²) in [7, 11) is 1.15. The van der Waals surface area contributed by atoms with Gasteiger partial charge in [-0.25, -0.2) is 4.79 Å². The maximum absolute atomic E-state index is 10.9. The Bertz CT molecular complexity index is 257. The molecule has 5 nitrogen and oxygen atoms in total. The second kappa shape index (κ2) is 6.14. The number of halogens is 1. The van der Waals surface area contributed by atoms with Crippen molar-refractivity contribution in [2.75, 3.05) is 19.6 Å². The van der Waals surface area contributed by atoms with Crippen LogP contribution in [-0.2, 0) is 14.3 Å². The number of carbonyl (C=O) groups excluding carboxylic acids is 1. The number of nitriles is 1. The summed E-state index contributed by atoms with van der Waals surface area (Å²) in [5.41, 5.74) is 4.91. The molecule has 0 saturated carbocycles. The molecule has 0 bridgehead atoms. The molecule has 0 unspecified atom stereocenters. The third-order valence-electron chi connectivity index (χ3n) is 1.08. The fourth-order valence-corrected chi connectivity index (χ4v) is 0.601. The summed E-state index contributed by atoms with van der Waals surface area (Å²) >= 11 is 5.30. The molecule has 13 heavy (non-hydrogen) atoms. The van der Waals surface area contributed by atoms with Crippen LogP contribution < -0.4 is 5.73 Å². The third-order valence-corrected chi connectivity index (χ3v) is 1.24. The van der Waals surface area contributed by atoms with Gasteiger partial charge in [-0.15, -0.1) is 11.6 Å². The van der Waals surface area contributed by atoms with Gasteiger partial charge >= 0.3 is 5.97 Å². The maximum atomic E-state index is 10.9. The first kappa shape index (κ1) is 11.6. The van der Waals surface area contributed by atoms with Crippen molar-refractivity contribution in [1.29, 1.82) is 5.26 Å². The topological polar surface area (TPSA) is 85.3 Å². The molecule has 0 aliphatic heterocycles. The molecule has 0 aliphatic rings. The Hall–Kier alpha value is -1.41. The van der Waals surface area contributed by atoms with Crippen LogP contribution in [0.25, 0.3) is 0 Å². The van der Waals surface area contributed by atoms with Crippen molar-refractivity contribution < 1.29 is 14.3 Å². The molecule has 72 valence electrons. The van der Waals surface area contributed by atoms with Crippen LogP contribution >= 0.6 is 11.6 Å². The number of nitrogens with zero attached hydrogens (tertiary/aromatic N) is 1. The molecule has 0 fully saturated rings. The molecule has 0 aromatic carbocycles. The molecule has 0 spiro atoms. The summed E-state index contributed by atoms with van der Waals surface area (Å²) in [5.74, 6) is -0.870. The summed E-state index contributed by atoms with van der Waals surface area (Å²) in [6.45, 7) is 0.134. The minimum absolute atomic E-state index is 0.134. The van der Waals surface area contributed by atoms with E-state index in [4.69, 9.17) is 27.3 Å². The van der Waals surface area contributed by atoms with E-state index in [2.05, 4.69) is 4.74 Å². The molecule has 0 rings (SSSR count). The molecule has 0 saturated heterocycles. The predicted octanol–water partition coefficient (Wildman–Crippen LogP) is 0.109. The number of hydrogen-bond donors (Lipinski definition) is 1. The number of nitrogens with two attached hydrogens (primary N) is 1. The van der Waals surface area contributed by atoms with Crippen LogP contribution in [-0.4, -0.2) is 25.6 Å². The molecule has 2 N–H and O–H groups in total. The van der Waals surface area contributed by atoms with E-state index < -0.39 is 5.97 Å². The summed E-state index contributed by atoms with van der Waals surface area (Å²) in [4.78, 5) is 10.9. The van der Waals surface area contributed by atoms with Gasteiger partial charge < -0.3 is 15.2 Å². The minimum atomic E-state index is -0.824. The van der Waals surface area contributed by atoms with E-state index >= 15 is 0 Å². The van der Waals surface area contributed by atoms with Gasteiger partial charge in [0.2, 0.25) is 5.88 Å². The molecule has 0 aromatic rings. The van der Waals surface area contributed by atoms with Crippen LogP contribution in [0, 0.1) is 11.3 Å². The van der Waals surface area contributed by atoms with Crippen LogP contribution in [0.5, 0.6) is 0 Å². The lowest BCUT2D eigenvalue weighted by Gasteiger charge is -2.04. The van der Waals surface area contributed by atoms with Gasteiger partial charge in [-0.05, 0) is 0 Å². The fourth-order valence-electron chi connectivity index (χ4n) is 0.524. The molecular weight excluding hydrogens is 196 g/mol. The smallest absolute Gasteiger partial charge is 0.354 e. The first-order valence-corrected chi connectivity index (χ1v) is 3.87. The van der Waals surface area contributed by atoms with E-state index in [1.165, 1.54) is 0 Å². The number of ether oxygens (including phenoxy) is 2. The van der Waals surface area contributed by atoms with E-state index in [0.717, 1.165) is 7.11 Å². The van der Waals surface area contributed by atoms with E-state index in [9.17, 15) is 4.79 Å². The molecule has 0 amide bonds. The summed E-state index contributed by atoms with van der Waals surface area (Å²) < 4.78 is 9.06. The van der Waals surface area contributed by atoms with Gasteiger partial charge in [-0.3, -0.25) is 0 Å². The summed E-state index contributed by atoms with van der Waals surface area (Å²) in [5, 5.41) is 8.50. The van der Waals surface area contributed by atoms with E-state index in [1.807, 2.05) is 0 Å². The number of hydrogen-bond acceptors (Lipinski definition) is 5. The van der Waals surface area contributed by atoms with Crippen molar-refractivity contribution in [3.8, 4) is 6.07 Å². The second-order valence-corrected chi connectivity index (χ2v) is 2.26. The lowest BCUT2D eigenvalue weighted by molar-refractivity contribution is -0.135. The van der Waals surface area contributed by atoms with E-state index in [-0.39, 0.29) is 23.9 Å². The van der Waals surface area contributed by atoms with Crippen LogP contribution in [0.1, 0.15) is 0 Å². The highest BCUT2D eigenvalue weighted by Crippen LogP contribution is 2.01. The van der Waals surface area contributed by atoms with Crippen LogP contribution in [0.4, 0.5) is 0 Å². The third kappa shape index (κ3) is 3.67. The van der Waals surface area contributed by atoms with Crippen molar-refractivity contribution >= 4 is 17.6 Å². The van der Waals surface area contributed by atoms with Crippen molar-refractivity contribution in [3.63, 3.8) is 0 Å². The lowest BCUT2D eigenvalue weighted by atomic mass is 10.3. The zero-order valence-corrected chi connectivity index (χ0v) is 7.80. The van der Waals surface area contributed by atoms with Crippen molar-refractivity contribution in [1.82, 2.24) is 0 Å². The second-order valence-electron chi connectivity index (χ2n) is 1.88. The molecule has 6 heteroatoms. The Balaban J connectivity index is 4.51. The number of carbonyl (C=O) groups is 1. The maximum Gasteiger partial charge on any atom is 0.354 e. The fraction of sp³-hybridized carbons (Fsp3) is 0.429. The van der Waals surface area contributed by atoms with Crippen LogP contribution in [0.3, 0.4) is 0 Å². The van der Waals surface area contributed by atoms with Gasteiger partial charge in [0, 0.05) is 0 Å². The van der Waals surface area contributed by atoms with Crippen molar-refractivity contribution in [3.05, 3.63) is 11.5 Å². The Morgan fingerprint density at radius 1 is 1.69 bits per heavy atom. The quantitative estimate of drug-likeness (QED) is 0.231. The minimum Gasteiger partial charge on any atom is -0.477 e. The van der Waals surface area contributed by atoms with Gasteiger partial charge in [0.15, 0.2) is 5.57 Å². The van der Waals surface area contributed by atoms with Gasteiger partial charge in [-0.2, -0.15) is 5.26 Å². The Kier molecular flexibility index (Phi) is 5.48. The average molecular weight is 205 g/mol. The number of methoxy groups -OCH3 is 1. The highest BCUT2D eigenvalue weighted by molar-refractivity contribution is 6.17. The Morgan fingerprint density at radius 2 is 2.31 bits per heavy atom. The summed E-state index contributed by atoms with van der Waals surface area (Å²) in [6, 6.07) is 1.57. The van der Waals surface area contributed by atoms with Gasteiger partial charge in [0.05, 0.1) is 13.0 Å². The predicted molar refractivity (Wildman–Crippen MR) is 45.5 cm³/mol. The summed E-state index contributed by atoms with van der Waals surface area (Å²) in [6.07, 6.45) is 0. The normalized spacial score (nSPS) is 11.2. The largest absolute Gasteiger partial charge is 0.477 e. The molecule has 0 heterocycles. The number of rotatable bonds is 4. The van der Waals surface area contributed by atoms with Gasteiger partial charge in [0.1, 0.15) is 12.7 Å². The zero-order chi connectivity index (χ0) is 10.3. The van der Waals surface area contributed by atoms with Crippen LogP contribution in [0.2, 0.25) is 0 Å². The SMILES string of the molecule is COC(=O)/C(C#N)=C(\N)OCCCl. The number of esters is 1. The monoisotopic (exact) mass is 204 g/mol. The highest BCUT2D eigenvalue weighted by Gasteiger charge is 2.14. The zero-order valence-electron chi connectivity index (χ0n) is 7.04. The van der Waals surface area contributed by atoms with Crippen molar-refractivity contribution in [2.45, 2.75) is 0 Å². The van der Waals surface area contributed by atoms with Gasteiger partial charge in [0.25, 0.3) is 0 Å². The lowest BCUT2D eigenvalue weighted by Crippen LogP contribution is -2.14. The van der Waals surface area contributed by atoms with Crippen molar-refractivity contribution in [2.24, 2.45) is 5.73 Å². The first-order chi connectivity index (χ1) is 6.17. The molecular formula is C7H9ClN2O3. The van der Waals surface area contributed by atoms with E-state index in [0.29, 0.717) is 0 Å². The number of alkyl halides is 1. The highest BCUT2D eigenvalue weighted by atomic mass is 35.5. The molecule has 0 aliphatic carbocycles. The van der Waals surface area contributed by atoms with Crippen LogP contribution in [0.15, 0.2) is 11.5 Å². The standard InChI is InChI=1S/C7H9ClN2O3/c1-12-7(11)5(4-9)6(10)13-3-2-8/h2-3,10H2,1H3/b6-5+. The Morgan fingerprint density at radius 3 is 2.69 bits per heavy atom. The average Bonchev–Trinajstić information content (AvgIpc) is 2.15. The molecule has 0 radical (unpaired) electrons. The Labute approximate surface area is 80.7 Å². The molecule has 0 atom stereocenters. The van der Waals surface area contributed by atoms with Gasteiger partial charge in [-0.1, -0.05) is 0 Å².